The molecule has 1 aromatic rings. The minimum atomic E-state index is -0.167. The molecule has 2 heteroatoms. The first-order chi connectivity index (χ1) is 4.79. The monoisotopic (exact) mass is 156 g/mol. The third-order valence-electron chi connectivity index (χ3n) is 1.43. The van der Waals surface area contributed by atoms with Crippen LogP contribution in [0.15, 0.2) is 16.8 Å². The molecule has 0 bridgehead atoms. The number of hydrogen-bond acceptors (Lipinski definition) is 2. The van der Waals surface area contributed by atoms with Crippen molar-refractivity contribution < 1.29 is 5.11 Å². The first-order valence-corrected chi connectivity index (χ1v) is 4.42. The predicted molar refractivity (Wildman–Crippen MR) is 44.3 cm³/mol. The van der Waals surface area contributed by atoms with E-state index in [1.54, 1.807) is 11.3 Å². The number of aliphatic hydroxyl groups is 1. The quantitative estimate of drug-likeness (QED) is 0.710. The van der Waals surface area contributed by atoms with Crippen molar-refractivity contribution >= 4 is 11.3 Å². The Kier molecular flexibility index (Phi) is 2.90. The van der Waals surface area contributed by atoms with E-state index in [2.05, 4.69) is 16.8 Å². The second-order valence-electron chi connectivity index (χ2n) is 2.52. The number of aryl methyl sites for hydroxylation is 1. The maximum Gasteiger partial charge on any atom is 0.0515 e. The summed E-state index contributed by atoms with van der Waals surface area (Å²) in [6.45, 7) is 1.83. The topological polar surface area (TPSA) is 20.2 Å². The zero-order chi connectivity index (χ0) is 7.40. The van der Waals surface area contributed by atoms with Gasteiger partial charge in [0.1, 0.15) is 0 Å². The second kappa shape index (κ2) is 3.74. The van der Waals surface area contributed by atoms with Crippen molar-refractivity contribution in [2.75, 3.05) is 0 Å². The average molecular weight is 156 g/mol. The van der Waals surface area contributed by atoms with Crippen LogP contribution in [0, 0.1) is 0 Å². The molecule has 10 heavy (non-hydrogen) atoms. The Bertz CT molecular complexity index is 167. The van der Waals surface area contributed by atoms with Crippen molar-refractivity contribution in [3.05, 3.63) is 22.4 Å². The van der Waals surface area contributed by atoms with E-state index in [1.165, 1.54) is 5.56 Å². The van der Waals surface area contributed by atoms with E-state index < -0.39 is 0 Å². The van der Waals surface area contributed by atoms with Gasteiger partial charge in [-0.1, -0.05) is 0 Å². The minimum Gasteiger partial charge on any atom is -0.393 e. The molecular formula is C8H12OS. The summed E-state index contributed by atoms with van der Waals surface area (Å²) in [5.41, 5.74) is 1.34. The highest BCUT2D eigenvalue weighted by molar-refractivity contribution is 7.07. The van der Waals surface area contributed by atoms with Gasteiger partial charge in [0.15, 0.2) is 0 Å². The Morgan fingerprint density at radius 3 is 3.00 bits per heavy atom. The van der Waals surface area contributed by atoms with Crippen LogP contribution in [0.2, 0.25) is 0 Å². The summed E-state index contributed by atoms with van der Waals surface area (Å²) in [6.07, 6.45) is 1.71. The molecular weight excluding hydrogens is 144 g/mol. The number of aliphatic hydroxyl groups excluding tert-OH is 1. The number of thiophene rings is 1. The summed E-state index contributed by atoms with van der Waals surface area (Å²) in [4.78, 5) is 0. The van der Waals surface area contributed by atoms with Gasteiger partial charge in [-0.25, -0.2) is 0 Å². The van der Waals surface area contributed by atoms with E-state index in [0.29, 0.717) is 0 Å². The molecule has 0 saturated carbocycles. The number of rotatable bonds is 3. The smallest absolute Gasteiger partial charge is 0.0515 e. The van der Waals surface area contributed by atoms with Crippen LogP contribution in [-0.2, 0) is 6.42 Å². The van der Waals surface area contributed by atoms with Gasteiger partial charge in [-0.2, -0.15) is 11.3 Å². The van der Waals surface area contributed by atoms with Crippen molar-refractivity contribution in [1.29, 1.82) is 0 Å². The van der Waals surface area contributed by atoms with E-state index in [4.69, 9.17) is 5.11 Å². The zero-order valence-electron chi connectivity index (χ0n) is 6.08. The van der Waals surface area contributed by atoms with E-state index >= 15 is 0 Å². The summed E-state index contributed by atoms with van der Waals surface area (Å²) in [5, 5.41) is 13.1. The lowest BCUT2D eigenvalue weighted by molar-refractivity contribution is 0.185. The van der Waals surface area contributed by atoms with Crippen LogP contribution in [0.4, 0.5) is 0 Å². The lowest BCUT2D eigenvalue weighted by Gasteiger charge is -2.00. The molecule has 0 fully saturated rings. The lowest BCUT2D eigenvalue weighted by atomic mass is 10.1. The standard InChI is InChI=1S/C8H12OS/c1-7(9)2-3-8-4-5-10-6-8/h4-7,9H,2-3H2,1H3. The summed E-state index contributed by atoms with van der Waals surface area (Å²) in [7, 11) is 0. The molecule has 0 aliphatic carbocycles. The molecule has 56 valence electrons. The van der Waals surface area contributed by atoms with Gasteiger partial charge in [-0.15, -0.1) is 0 Å². The predicted octanol–water partition coefficient (Wildman–Crippen LogP) is 2.06. The van der Waals surface area contributed by atoms with Crippen molar-refractivity contribution in [1.82, 2.24) is 0 Å². The van der Waals surface area contributed by atoms with E-state index in [1.807, 2.05) is 6.92 Å². The zero-order valence-corrected chi connectivity index (χ0v) is 6.90. The van der Waals surface area contributed by atoms with Crippen LogP contribution >= 0.6 is 11.3 Å². The highest BCUT2D eigenvalue weighted by Gasteiger charge is 1.96. The van der Waals surface area contributed by atoms with Gasteiger partial charge in [0.2, 0.25) is 0 Å². The molecule has 0 spiro atoms. The molecule has 0 aliphatic heterocycles. The van der Waals surface area contributed by atoms with Crippen LogP contribution in [0.1, 0.15) is 18.9 Å². The van der Waals surface area contributed by atoms with Crippen molar-refractivity contribution in [2.45, 2.75) is 25.9 Å². The van der Waals surface area contributed by atoms with E-state index in [9.17, 15) is 0 Å². The first kappa shape index (κ1) is 7.76. The molecule has 0 aromatic carbocycles. The molecule has 0 radical (unpaired) electrons. The van der Waals surface area contributed by atoms with Gasteiger partial charge >= 0.3 is 0 Å². The van der Waals surface area contributed by atoms with Crippen LogP contribution < -0.4 is 0 Å². The van der Waals surface area contributed by atoms with Gasteiger partial charge in [-0.05, 0) is 42.2 Å². The molecule has 1 rings (SSSR count). The van der Waals surface area contributed by atoms with E-state index in [-0.39, 0.29) is 6.10 Å². The molecule has 1 atom stereocenters. The van der Waals surface area contributed by atoms with Crippen LogP contribution in [0.5, 0.6) is 0 Å². The van der Waals surface area contributed by atoms with Crippen LogP contribution in [0.25, 0.3) is 0 Å². The molecule has 1 aromatic heterocycles. The summed E-state index contributed by atoms with van der Waals surface area (Å²) in [5.74, 6) is 0. The second-order valence-corrected chi connectivity index (χ2v) is 3.30. The van der Waals surface area contributed by atoms with Gasteiger partial charge in [0, 0.05) is 0 Å². The number of hydrogen-bond donors (Lipinski definition) is 1. The fraction of sp³-hybridized carbons (Fsp3) is 0.500. The third kappa shape index (κ3) is 2.50. The largest absolute Gasteiger partial charge is 0.393 e. The molecule has 1 N–H and O–H groups in total. The maximum atomic E-state index is 8.95. The Morgan fingerprint density at radius 2 is 2.50 bits per heavy atom. The fourth-order valence-corrected chi connectivity index (χ4v) is 1.51. The van der Waals surface area contributed by atoms with Gasteiger partial charge in [0.05, 0.1) is 6.10 Å². The molecule has 0 amide bonds. The van der Waals surface area contributed by atoms with Crippen molar-refractivity contribution in [3.8, 4) is 0 Å². The lowest BCUT2D eigenvalue weighted by Crippen LogP contribution is -2.00. The van der Waals surface area contributed by atoms with Crippen molar-refractivity contribution in [3.63, 3.8) is 0 Å². The normalized spacial score (nSPS) is 13.4. The summed E-state index contributed by atoms with van der Waals surface area (Å²) in [6, 6.07) is 2.10. The summed E-state index contributed by atoms with van der Waals surface area (Å²) >= 11 is 1.71. The van der Waals surface area contributed by atoms with Crippen LogP contribution in [0.3, 0.4) is 0 Å². The Hall–Kier alpha value is -0.340. The highest BCUT2D eigenvalue weighted by atomic mass is 32.1. The fourth-order valence-electron chi connectivity index (χ4n) is 0.810. The van der Waals surface area contributed by atoms with Gasteiger partial charge in [-0.3, -0.25) is 0 Å². The third-order valence-corrected chi connectivity index (χ3v) is 2.16. The Balaban J connectivity index is 2.28. The molecule has 1 nitrogen and oxygen atoms in total. The molecule has 1 heterocycles. The minimum absolute atomic E-state index is 0.167. The van der Waals surface area contributed by atoms with Gasteiger partial charge < -0.3 is 5.11 Å². The van der Waals surface area contributed by atoms with Gasteiger partial charge in [0.25, 0.3) is 0 Å². The molecule has 0 aliphatic rings. The highest BCUT2D eigenvalue weighted by Crippen LogP contribution is 2.09. The summed E-state index contributed by atoms with van der Waals surface area (Å²) < 4.78 is 0. The first-order valence-electron chi connectivity index (χ1n) is 3.48. The Labute approximate surface area is 65.3 Å². The van der Waals surface area contributed by atoms with Crippen LogP contribution in [-0.4, -0.2) is 11.2 Å². The van der Waals surface area contributed by atoms with Crippen molar-refractivity contribution in [2.24, 2.45) is 0 Å². The SMILES string of the molecule is CC(O)CCc1ccsc1. The molecule has 1 unspecified atom stereocenters. The molecule has 0 saturated heterocycles. The Morgan fingerprint density at radius 1 is 1.70 bits per heavy atom. The van der Waals surface area contributed by atoms with E-state index in [0.717, 1.165) is 12.8 Å². The maximum absolute atomic E-state index is 8.95. The average Bonchev–Trinajstić information content (AvgIpc) is 2.34.